The van der Waals surface area contributed by atoms with Crippen molar-refractivity contribution in [1.82, 2.24) is 10.4 Å². The van der Waals surface area contributed by atoms with Gasteiger partial charge in [-0.1, -0.05) is 6.92 Å². The largest absolute Gasteiger partial charge is 0.494 e. The van der Waals surface area contributed by atoms with E-state index in [0.717, 1.165) is 23.4 Å². The second-order valence-corrected chi connectivity index (χ2v) is 4.68. The first-order chi connectivity index (χ1) is 10.2. The number of amides is 1. The van der Waals surface area contributed by atoms with Crippen molar-refractivity contribution in [3.63, 3.8) is 0 Å². The lowest BCUT2D eigenvalue weighted by Crippen LogP contribution is -2.30. The van der Waals surface area contributed by atoms with Crippen molar-refractivity contribution in [3.8, 4) is 17.0 Å². The van der Waals surface area contributed by atoms with Gasteiger partial charge in [0.15, 0.2) is 0 Å². The summed E-state index contributed by atoms with van der Waals surface area (Å²) in [6.45, 7) is 4.56. The molecule has 0 unspecified atom stereocenters. The maximum absolute atomic E-state index is 11.5. The van der Waals surface area contributed by atoms with Crippen molar-refractivity contribution in [2.45, 2.75) is 20.3 Å². The van der Waals surface area contributed by atoms with Crippen LogP contribution in [0.3, 0.4) is 0 Å². The summed E-state index contributed by atoms with van der Waals surface area (Å²) in [5.41, 5.74) is 5.01. The standard InChI is InChI=1S/C16H19N3O2/c1-3-10-21-13-6-4-12(5-7-13)15-9-8-14(11(2)18-15)16(20)19-17/h4-9H,3,10,17H2,1-2H3,(H,19,20). The molecule has 0 aliphatic rings. The van der Waals surface area contributed by atoms with Crippen LogP contribution in [0.15, 0.2) is 36.4 Å². The predicted octanol–water partition coefficient (Wildman–Crippen LogP) is 2.45. The van der Waals surface area contributed by atoms with E-state index in [1.165, 1.54) is 0 Å². The Balaban J connectivity index is 2.22. The molecule has 0 fully saturated rings. The van der Waals surface area contributed by atoms with Gasteiger partial charge in [0.2, 0.25) is 0 Å². The molecule has 0 atom stereocenters. The van der Waals surface area contributed by atoms with Crippen molar-refractivity contribution in [2.75, 3.05) is 6.61 Å². The van der Waals surface area contributed by atoms with E-state index in [-0.39, 0.29) is 5.91 Å². The van der Waals surface area contributed by atoms with E-state index >= 15 is 0 Å². The quantitative estimate of drug-likeness (QED) is 0.502. The number of aromatic nitrogens is 1. The predicted molar refractivity (Wildman–Crippen MR) is 81.8 cm³/mol. The summed E-state index contributed by atoms with van der Waals surface area (Å²) in [7, 11) is 0. The molecular formula is C16H19N3O2. The van der Waals surface area contributed by atoms with Gasteiger partial charge in [0, 0.05) is 5.56 Å². The Bertz CT molecular complexity index is 624. The number of hydrazine groups is 1. The van der Waals surface area contributed by atoms with Crippen LogP contribution in [-0.4, -0.2) is 17.5 Å². The monoisotopic (exact) mass is 285 g/mol. The molecule has 5 heteroatoms. The Hall–Kier alpha value is -2.40. The molecule has 0 radical (unpaired) electrons. The molecule has 0 bridgehead atoms. The molecule has 3 N–H and O–H groups in total. The molecule has 0 aliphatic carbocycles. The molecule has 0 spiro atoms. The molecular weight excluding hydrogens is 266 g/mol. The van der Waals surface area contributed by atoms with Crippen LogP contribution in [0.1, 0.15) is 29.4 Å². The van der Waals surface area contributed by atoms with Crippen LogP contribution in [-0.2, 0) is 0 Å². The molecule has 5 nitrogen and oxygen atoms in total. The number of nitrogens with one attached hydrogen (secondary N) is 1. The Kier molecular flexibility index (Phi) is 4.90. The number of aryl methyl sites for hydroxylation is 1. The van der Waals surface area contributed by atoms with E-state index in [2.05, 4.69) is 17.3 Å². The van der Waals surface area contributed by atoms with E-state index in [9.17, 15) is 4.79 Å². The van der Waals surface area contributed by atoms with Crippen molar-refractivity contribution in [2.24, 2.45) is 5.84 Å². The maximum atomic E-state index is 11.5. The van der Waals surface area contributed by atoms with Crippen LogP contribution in [0.25, 0.3) is 11.3 Å². The van der Waals surface area contributed by atoms with Crippen molar-refractivity contribution in [3.05, 3.63) is 47.7 Å². The van der Waals surface area contributed by atoms with Crippen LogP contribution in [0.2, 0.25) is 0 Å². The third-order valence-electron chi connectivity index (χ3n) is 3.08. The summed E-state index contributed by atoms with van der Waals surface area (Å²) in [5, 5.41) is 0. The number of nitrogens with two attached hydrogens (primary N) is 1. The fourth-order valence-electron chi connectivity index (χ4n) is 1.98. The average molecular weight is 285 g/mol. The van der Waals surface area contributed by atoms with E-state index in [1.807, 2.05) is 24.3 Å². The molecule has 21 heavy (non-hydrogen) atoms. The molecule has 0 saturated heterocycles. The van der Waals surface area contributed by atoms with Gasteiger partial charge in [-0.2, -0.15) is 0 Å². The van der Waals surface area contributed by atoms with Gasteiger partial charge < -0.3 is 4.74 Å². The van der Waals surface area contributed by atoms with Gasteiger partial charge in [0.1, 0.15) is 5.75 Å². The van der Waals surface area contributed by atoms with Gasteiger partial charge in [-0.25, -0.2) is 5.84 Å². The third-order valence-corrected chi connectivity index (χ3v) is 3.08. The normalized spacial score (nSPS) is 10.2. The molecule has 1 aromatic carbocycles. The Morgan fingerprint density at radius 3 is 2.52 bits per heavy atom. The second-order valence-electron chi connectivity index (χ2n) is 4.68. The lowest BCUT2D eigenvalue weighted by atomic mass is 10.1. The minimum absolute atomic E-state index is 0.338. The zero-order valence-corrected chi connectivity index (χ0v) is 12.2. The summed E-state index contributed by atoms with van der Waals surface area (Å²) >= 11 is 0. The zero-order chi connectivity index (χ0) is 15.2. The molecule has 1 heterocycles. The highest BCUT2D eigenvalue weighted by molar-refractivity contribution is 5.95. The molecule has 2 aromatic rings. The van der Waals surface area contributed by atoms with Crippen LogP contribution in [0.5, 0.6) is 5.75 Å². The second kappa shape index (κ2) is 6.85. The number of rotatable bonds is 5. The highest BCUT2D eigenvalue weighted by atomic mass is 16.5. The van der Waals surface area contributed by atoms with E-state index in [0.29, 0.717) is 17.9 Å². The van der Waals surface area contributed by atoms with Crippen LogP contribution >= 0.6 is 0 Å². The number of benzene rings is 1. The molecule has 110 valence electrons. The number of nitrogen functional groups attached to an aromatic ring is 1. The molecule has 1 amide bonds. The Morgan fingerprint density at radius 2 is 1.95 bits per heavy atom. The van der Waals surface area contributed by atoms with E-state index in [4.69, 9.17) is 10.6 Å². The number of carbonyl (C=O) groups excluding carboxylic acids is 1. The number of hydrogen-bond donors (Lipinski definition) is 2. The minimum Gasteiger partial charge on any atom is -0.494 e. The summed E-state index contributed by atoms with van der Waals surface area (Å²) in [6, 6.07) is 11.3. The Labute approximate surface area is 124 Å². The third kappa shape index (κ3) is 3.58. The molecule has 2 rings (SSSR count). The number of nitrogens with zero attached hydrogens (tertiary/aromatic N) is 1. The number of ether oxygens (including phenoxy) is 1. The number of carbonyl (C=O) groups is 1. The van der Waals surface area contributed by atoms with Gasteiger partial charge in [0.05, 0.1) is 23.6 Å². The highest BCUT2D eigenvalue weighted by Gasteiger charge is 2.10. The van der Waals surface area contributed by atoms with Gasteiger partial charge in [0.25, 0.3) is 5.91 Å². The van der Waals surface area contributed by atoms with Crippen molar-refractivity contribution < 1.29 is 9.53 Å². The first-order valence-corrected chi connectivity index (χ1v) is 6.87. The summed E-state index contributed by atoms with van der Waals surface area (Å²) < 4.78 is 5.55. The summed E-state index contributed by atoms with van der Waals surface area (Å²) in [6.07, 6.45) is 0.979. The van der Waals surface area contributed by atoms with Gasteiger partial charge in [-0.3, -0.25) is 15.2 Å². The smallest absolute Gasteiger partial charge is 0.267 e. The topological polar surface area (TPSA) is 77.2 Å². The first-order valence-electron chi connectivity index (χ1n) is 6.87. The highest BCUT2D eigenvalue weighted by Crippen LogP contribution is 2.22. The van der Waals surface area contributed by atoms with Crippen LogP contribution < -0.4 is 16.0 Å². The number of pyridine rings is 1. The van der Waals surface area contributed by atoms with Crippen molar-refractivity contribution in [1.29, 1.82) is 0 Å². The average Bonchev–Trinajstić information content (AvgIpc) is 2.52. The molecule has 0 aliphatic heterocycles. The van der Waals surface area contributed by atoms with Gasteiger partial charge in [-0.05, 0) is 49.7 Å². The van der Waals surface area contributed by atoms with E-state index < -0.39 is 0 Å². The fraction of sp³-hybridized carbons (Fsp3) is 0.250. The summed E-state index contributed by atoms with van der Waals surface area (Å²) in [5.74, 6) is 5.64. The zero-order valence-electron chi connectivity index (χ0n) is 12.2. The van der Waals surface area contributed by atoms with Crippen LogP contribution in [0.4, 0.5) is 0 Å². The lowest BCUT2D eigenvalue weighted by Gasteiger charge is -2.08. The van der Waals surface area contributed by atoms with Crippen LogP contribution in [0, 0.1) is 6.92 Å². The molecule has 1 aromatic heterocycles. The van der Waals surface area contributed by atoms with Crippen molar-refractivity contribution >= 4 is 5.91 Å². The van der Waals surface area contributed by atoms with Gasteiger partial charge >= 0.3 is 0 Å². The SMILES string of the molecule is CCCOc1ccc(-c2ccc(C(=O)NN)c(C)n2)cc1. The summed E-state index contributed by atoms with van der Waals surface area (Å²) in [4.78, 5) is 16.0. The van der Waals surface area contributed by atoms with E-state index in [1.54, 1.807) is 19.1 Å². The Morgan fingerprint density at radius 1 is 1.24 bits per heavy atom. The first kappa shape index (κ1) is 15.0. The fourth-order valence-corrected chi connectivity index (χ4v) is 1.98. The molecule has 0 saturated carbocycles. The minimum atomic E-state index is -0.338. The maximum Gasteiger partial charge on any atom is 0.267 e. The lowest BCUT2D eigenvalue weighted by molar-refractivity contribution is 0.0952. The number of hydrogen-bond acceptors (Lipinski definition) is 4. The van der Waals surface area contributed by atoms with Gasteiger partial charge in [-0.15, -0.1) is 0 Å².